The molecule has 0 radical (unpaired) electrons. The first-order valence-corrected chi connectivity index (χ1v) is 3.72. The van der Waals surface area contributed by atoms with Crippen LogP contribution in [-0.4, -0.2) is 33.7 Å². The number of carboxylic acids is 2. The monoisotopic (exact) mass is 195 g/mol. The summed E-state index contributed by atoms with van der Waals surface area (Å²) < 4.78 is 0. The van der Waals surface area contributed by atoms with Gasteiger partial charge in [0.2, 0.25) is 0 Å². The number of rotatable bonds is 5. The maximum Gasteiger partial charge on any atom is 0.321 e. The van der Waals surface area contributed by atoms with Crippen molar-refractivity contribution < 1.29 is 19.8 Å². The van der Waals surface area contributed by atoms with Crippen molar-refractivity contribution in [2.45, 2.75) is 24.9 Å². The summed E-state index contributed by atoms with van der Waals surface area (Å²) in [7, 11) is 0. The van der Waals surface area contributed by atoms with Crippen LogP contribution in [0.1, 0.15) is 13.3 Å². The van der Waals surface area contributed by atoms with Crippen molar-refractivity contribution >= 4 is 23.5 Å². The molecule has 3 N–H and O–H groups in total. The van der Waals surface area contributed by atoms with Crippen LogP contribution < -0.4 is 5.32 Å². The standard InChI is InChI=1S/C6H10ClNO4/c1-3(7)8-4(6(11)12)2-5(9)10/h3-4,8H,2H2,1H3,(H,9,10)(H,11,12)/t3?,4-/m0/s1. The van der Waals surface area contributed by atoms with E-state index in [0.717, 1.165) is 0 Å². The molecule has 1 unspecified atom stereocenters. The number of halogens is 1. The summed E-state index contributed by atoms with van der Waals surface area (Å²) in [6.45, 7) is 1.53. The van der Waals surface area contributed by atoms with E-state index in [9.17, 15) is 9.59 Å². The lowest BCUT2D eigenvalue weighted by atomic mass is 10.2. The SMILES string of the molecule is CC(Cl)N[C@@H](CC(=O)O)C(=O)O. The molecule has 0 heterocycles. The fourth-order valence-corrected chi connectivity index (χ4v) is 0.821. The number of alkyl halides is 1. The van der Waals surface area contributed by atoms with Gasteiger partial charge >= 0.3 is 11.9 Å². The van der Waals surface area contributed by atoms with Gasteiger partial charge in [0.25, 0.3) is 0 Å². The average molecular weight is 196 g/mol. The largest absolute Gasteiger partial charge is 0.481 e. The van der Waals surface area contributed by atoms with E-state index in [0.29, 0.717) is 0 Å². The van der Waals surface area contributed by atoms with Crippen molar-refractivity contribution in [3.63, 3.8) is 0 Å². The number of nitrogens with one attached hydrogen (secondary N) is 1. The molecule has 0 aliphatic carbocycles. The molecular weight excluding hydrogens is 186 g/mol. The molecule has 0 aromatic carbocycles. The van der Waals surface area contributed by atoms with Gasteiger partial charge in [0.05, 0.1) is 11.9 Å². The van der Waals surface area contributed by atoms with E-state index in [1.54, 1.807) is 0 Å². The molecule has 6 heteroatoms. The van der Waals surface area contributed by atoms with E-state index in [1.807, 2.05) is 0 Å². The number of carbonyl (C=O) groups is 2. The molecule has 0 rings (SSSR count). The molecule has 12 heavy (non-hydrogen) atoms. The van der Waals surface area contributed by atoms with Gasteiger partial charge in [0, 0.05) is 0 Å². The molecule has 5 nitrogen and oxygen atoms in total. The zero-order chi connectivity index (χ0) is 9.72. The Kier molecular flexibility index (Phi) is 4.61. The minimum absolute atomic E-state index is 0.480. The first-order chi connectivity index (χ1) is 5.43. The summed E-state index contributed by atoms with van der Waals surface area (Å²) in [6, 6.07) is -1.13. The molecule has 70 valence electrons. The first kappa shape index (κ1) is 11.2. The Balaban J connectivity index is 4.04. The second-order valence-corrected chi connectivity index (χ2v) is 2.93. The highest BCUT2D eigenvalue weighted by Gasteiger charge is 2.21. The smallest absolute Gasteiger partial charge is 0.321 e. The molecular formula is C6H10ClNO4. The van der Waals surface area contributed by atoms with E-state index < -0.39 is 29.9 Å². The second kappa shape index (κ2) is 4.95. The van der Waals surface area contributed by atoms with Crippen molar-refractivity contribution in [2.24, 2.45) is 0 Å². The van der Waals surface area contributed by atoms with Crippen LogP contribution in [0.25, 0.3) is 0 Å². The summed E-state index contributed by atoms with van der Waals surface area (Å²) >= 11 is 5.43. The highest BCUT2D eigenvalue weighted by atomic mass is 35.5. The van der Waals surface area contributed by atoms with Gasteiger partial charge in [0.15, 0.2) is 0 Å². The van der Waals surface area contributed by atoms with E-state index in [4.69, 9.17) is 21.8 Å². The van der Waals surface area contributed by atoms with Crippen LogP contribution >= 0.6 is 11.6 Å². The van der Waals surface area contributed by atoms with E-state index in [2.05, 4.69) is 5.32 Å². The lowest BCUT2D eigenvalue weighted by Crippen LogP contribution is -2.41. The molecule has 0 bridgehead atoms. The first-order valence-electron chi connectivity index (χ1n) is 3.28. The number of carboxylic acid groups (broad SMARTS) is 2. The van der Waals surface area contributed by atoms with Crippen LogP contribution in [0, 0.1) is 0 Å². The van der Waals surface area contributed by atoms with Crippen LogP contribution in [0.4, 0.5) is 0 Å². The third-order valence-corrected chi connectivity index (χ3v) is 1.23. The highest BCUT2D eigenvalue weighted by Crippen LogP contribution is 1.97. The Morgan fingerprint density at radius 3 is 2.25 bits per heavy atom. The van der Waals surface area contributed by atoms with Gasteiger partial charge in [-0.2, -0.15) is 0 Å². The topological polar surface area (TPSA) is 86.6 Å². The van der Waals surface area contributed by atoms with E-state index in [-0.39, 0.29) is 0 Å². The predicted molar refractivity (Wildman–Crippen MR) is 42.1 cm³/mol. The molecule has 0 fully saturated rings. The van der Waals surface area contributed by atoms with E-state index in [1.165, 1.54) is 6.92 Å². The van der Waals surface area contributed by atoms with Crippen LogP contribution in [-0.2, 0) is 9.59 Å². The number of hydrogen-bond donors (Lipinski definition) is 3. The van der Waals surface area contributed by atoms with Gasteiger partial charge in [0.1, 0.15) is 6.04 Å². The van der Waals surface area contributed by atoms with Gasteiger partial charge in [-0.1, -0.05) is 0 Å². The molecule has 0 aromatic rings. The van der Waals surface area contributed by atoms with Crippen LogP contribution in [0.2, 0.25) is 0 Å². The molecule has 0 saturated heterocycles. The molecule has 2 atom stereocenters. The lowest BCUT2D eigenvalue weighted by Gasteiger charge is -2.13. The molecule has 0 saturated carbocycles. The third-order valence-electron chi connectivity index (χ3n) is 1.11. The quantitative estimate of drug-likeness (QED) is 0.428. The third kappa shape index (κ3) is 4.92. The average Bonchev–Trinajstić information content (AvgIpc) is 1.83. The van der Waals surface area contributed by atoms with Gasteiger partial charge in [-0.05, 0) is 6.92 Å². The molecule has 0 aromatic heterocycles. The second-order valence-electron chi connectivity index (χ2n) is 2.27. The van der Waals surface area contributed by atoms with Gasteiger partial charge in [-0.15, -0.1) is 11.6 Å². The summed E-state index contributed by atoms with van der Waals surface area (Å²) in [5, 5.41) is 19.2. The summed E-state index contributed by atoms with van der Waals surface area (Å²) in [5.74, 6) is -2.39. The Morgan fingerprint density at radius 1 is 1.50 bits per heavy atom. The molecule has 0 spiro atoms. The van der Waals surface area contributed by atoms with Crippen molar-refractivity contribution in [3.05, 3.63) is 0 Å². The fourth-order valence-electron chi connectivity index (χ4n) is 0.669. The van der Waals surface area contributed by atoms with Crippen molar-refractivity contribution in [1.29, 1.82) is 0 Å². The molecule has 0 amide bonds. The summed E-state index contributed by atoms with van der Waals surface area (Å²) in [6.07, 6.45) is -0.480. The zero-order valence-electron chi connectivity index (χ0n) is 6.45. The normalized spacial score (nSPS) is 15.2. The van der Waals surface area contributed by atoms with Crippen LogP contribution in [0.3, 0.4) is 0 Å². The van der Waals surface area contributed by atoms with Crippen molar-refractivity contribution in [3.8, 4) is 0 Å². The number of hydrogen-bond acceptors (Lipinski definition) is 3. The van der Waals surface area contributed by atoms with Crippen molar-refractivity contribution in [1.82, 2.24) is 5.32 Å². The highest BCUT2D eigenvalue weighted by molar-refractivity contribution is 6.20. The van der Waals surface area contributed by atoms with Gasteiger partial charge in [-0.25, -0.2) is 0 Å². The molecule has 0 aliphatic heterocycles. The Labute approximate surface area is 74.3 Å². The Bertz CT molecular complexity index is 182. The number of aliphatic carboxylic acids is 2. The molecule has 0 aliphatic rings. The summed E-state index contributed by atoms with van der Waals surface area (Å²) in [4.78, 5) is 20.5. The minimum Gasteiger partial charge on any atom is -0.481 e. The lowest BCUT2D eigenvalue weighted by molar-refractivity contribution is -0.146. The Morgan fingerprint density at radius 2 is 2.00 bits per heavy atom. The summed E-state index contributed by atoms with van der Waals surface area (Å²) in [5.41, 5.74) is -0.564. The predicted octanol–water partition coefficient (Wildman–Crippen LogP) is 0.0887. The van der Waals surface area contributed by atoms with Crippen LogP contribution in [0.5, 0.6) is 0 Å². The van der Waals surface area contributed by atoms with Gasteiger partial charge in [-0.3, -0.25) is 14.9 Å². The van der Waals surface area contributed by atoms with Crippen molar-refractivity contribution in [2.75, 3.05) is 0 Å². The fraction of sp³-hybridized carbons (Fsp3) is 0.667. The Hall–Kier alpha value is -0.810. The van der Waals surface area contributed by atoms with Crippen LogP contribution in [0.15, 0.2) is 0 Å². The zero-order valence-corrected chi connectivity index (χ0v) is 7.21. The maximum atomic E-state index is 10.4. The maximum absolute atomic E-state index is 10.4. The van der Waals surface area contributed by atoms with Gasteiger partial charge < -0.3 is 10.2 Å². The minimum atomic E-state index is -1.22. The van der Waals surface area contributed by atoms with E-state index >= 15 is 0 Å².